The van der Waals surface area contributed by atoms with Crippen molar-refractivity contribution < 1.29 is 26.3 Å². The van der Waals surface area contributed by atoms with Gasteiger partial charge in [0.05, 0.1) is 25.9 Å². The molecule has 10 nitrogen and oxygen atoms in total. The van der Waals surface area contributed by atoms with Gasteiger partial charge < -0.3 is 9.47 Å². The van der Waals surface area contributed by atoms with Gasteiger partial charge in [0.15, 0.2) is 0 Å². The zero-order valence-corrected chi connectivity index (χ0v) is 19.2. The standard InChI is InChI=1S/C18H20N4O6S3/c1-27-13-6-7-15(28-2)17(12-13)31(25,26)22-10-8-21(9-11-22)30(23,24)16-5-3-4-14-18(16)20-29-19-14/h3-7,12H,8-11H2,1-2H3. The molecule has 3 aromatic rings. The lowest BCUT2D eigenvalue weighted by molar-refractivity contribution is 0.272. The van der Waals surface area contributed by atoms with Gasteiger partial charge in [-0.1, -0.05) is 6.07 Å². The fourth-order valence-corrected chi connectivity index (χ4v) is 7.17. The Morgan fingerprint density at radius 2 is 1.48 bits per heavy atom. The third-order valence-corrected chi connectivity index (χ3v) is 9.45. The topological polar surface area (TPSA) is 119 Å². The first-order valence-corrected chi connectivity index (χ1v) is 12.8. The van der Waals surface area contributed by atoms with E-state index >= 15 is 0 Å². The summed E-state index contributed by atoms with van der Waals surface area (Å²) in [4.78, 5) is 0.0495. The van der Waals surface area contributed by atoms with Crippen LogP contribution in [-0.2, 0) is 20.0 Å². The van der Waals surface area contributed by atoms with E-state index < -0.39 is 20.0 Å². The Balaban J connectivity index is 1.58. The van der Waals surface area contributed by atoms with Crippen LogP contribution in [0.5, 0.6) is 11.5 Å². The molecule has 1 fully saturated rings. The molecule has 0 amide bonds. The molecule has 166 valence electrons. The first-order chi connectivity index (χ1) is 14.8. The molecule has 2 aromatic carbocycles. The highest BCUT2D eigenvalue weighted by molar-refractivity contribution is 7.89. The van der Waals surface area contributed by atoms with Crippen LogP contribution in [0.1, 0.15) is 0 Å². The third kappa shape index (κ3) is 3.87. The Morgan fingerprint density at radius 1 is 0.839 bits per heavy atom. The number of fused-ring (bicyclic) bond motifs is 1. The Labute approximate surface area is 184 Å². The molecule has 2 heterocycles. The molecule has 1 saturated heterocycles. The summed E-state index contributed by atoms with van der Waals surface area (Å²) in [6, 6.07) is 9.33. The maximum Gasteiger partial charge on any atom is 0.246 e. The molecular weight excluding hydrogens is 464 g/mol. The number of aromatic nitrogens is 2. The van der Waals surface area contributed by atoms with E-state index in [-0.39, 0.29) is 41.7 Å². The van der Waals surface area contributed by atoms with Crippen LogP contribution in [0.4, 0.5) is 0 Å². The predicted molar refractivity (Wildman–Crippen MR) is 114 cm³/mol. The fourth-order valence-electron chi connectivity index (χ4n) is 3.40. The zero-order valence-electron chi connectivity index (χ0n) is 16.8. The second kappa shape index (κ2) is 8.31. The van der Waals surface area contributed by atoms with E-state index in [2.05, 4.69) is 8.75 Å². The average Bonchev–Trinajstić information content (AvgIpc) is 3.27. The highest BCUT2D eigenvalue weighted by Crippen LogP contribution is 2.32. The van der Waals surface area contributed by atoms with Gasteiger partial charge in [0, 0.05) is 32.2 Å². The van der Waals surface area contributed by atoms with Crippen LogP contribution in [-0.4, -0.2) is 74.6 Å². The van der Waals surface area contributed by atoms with Crippen LogP contribution in [0.15, 0.2) is 46.2 Å². The Kier molecular flexibility index (Phi) is 5.87. The molecule has 0 bridgehead atoms. The van der Waals surface area contributed by atoms with E-state index in [0.717, 1.165) is 11.7 Å². The van der Waals surface area contributed by atoms with Gasteiger partial charge in [0.25, 0.3) is 0 Å². The number of piperazine rings is 1. The number of benzene rings is 2. The van der Waals surface area contributed by atoms with Crippen molar-refractivity contribution in [2.45, 2.75) is 9.79 Å². The number of sulfonamides is 2. The summed E-state index contributed by atoms with van der Waals surface area (Å²) in [6.07, 6.45) is 0. The van der Waals surface area contributed by atoms with Crippen molar-refractivity contribution in [1.29, 1.82) is 0 Å². The molecule has 1 aromatic heterocycles. The number of methoxy groups -OCH3 is 2. The maximum atomic E-state index is 13.2. The number of hydrogen-bond acceptors (Lipinski definition) is 9. The first kappa shape index (κ1) is 21.9. The summed E-state index contributed by atoms with van der Waals surface area (Å²) in [5, 5.41) is 0. The predicted octanol–water partition coefficient (Wildman–Crippen LogP) is 1.40. The molecule has 0 N–H and O–H groups in total. The smallest absolute Gasteiger partial charge is 0.246 e. The van der Waals surface area contributed by atoms with Gasteiger partial charge >= 0.3 is 0 Å². The largest absolute Gasteiger partial charge is 0.497 e. The van der Waals surface area contributed by atoms with E-state index in [1.54, 1.807) is 18.2 Å². The summed E-state index contributed by atoms with van der Waals surface area (Å²) in [5.74, 6) is 0.573. The van der Waals surface area contributed by atoms with Gasteiger partial charge in [-0.15, -0.1) is 0 Å². The quantitative estimate of drug-likeness (QED) is 0.515. The minimum absolute atomic E-state index is 0.00716. The van der Waals surface area contributed by atoms with E-state index in [4.69, 9.17) is 9.47 Å². The maximum absolute atomic E-state index is 13.2. The van der Waals surface area contributed by atoms with Crippen molar-refractivity contribution >= 4 is 42.8 Å². The highest BCUT2D eigenvalue weighted by Gasteiger charge is 2.36. The molecule has 0 radical (unpaired) electrons. The number of rotatable bonds is 6. The van der Waals surface area contributed by atoms with Crippen LogP contribution in [0, 0.1) is 0 Å². The van der Waals surface area contributed by atoms with Gasteiger partial charge in [-0.05, 0) is 24.3 Å². The van der Waals surface area contributed by atoms with Crippen LogP contribution in [0.25, 0.3) is 11.0 Å². The molecule has 0 spiro atoms. The van der Waals surface area contributed by atoms with Gasteiger partial charge in [-0.25, -0.2) is 16.8 Å². The lowest BCUT2D eigenvalue weighted by atomic mass is 10.3. The number of ether oxygens (including phenoxy) is 2. The van der Waals surface area contributed by atoms with Crippen LogP contribution in [0.2, 0.25) is 0 Å². The summed E-state index contributed by atoms with van der Waals surface area (Å²) in [6.45, 7) is 0.0457. The second-order valence-electron chi connectivity index (χ2n) is 6.71. The molecule has 0 saturated carbocycles. The van der Waals surface area contributed by atoms with Crippen LogP contribution >= 0.6 is 11.7 Å². The Hall–Kier alpha value is -2.32. The molecule has 1 aliphatic rings. The van der Waals surface area contributed by atoms with Crippen molar-refractivity contribution in [1.82, 2.24) is 17.4 Å². The lowest BCUT2D eigenvalue weighted by Crippen LogP contribution is -2.50. The van der Waals surface area contributed by atoms with Crippen LogP contribution in [0.3, 0.4) is 0 Å². The SMILES string of the molecule is COc1ccc(OC)c(S(=O)(=O)N2CCN(S(=O)(=O)c3cccc4nsnc34)CC2)c1. The van der Waals surface area contributed by atoms with Crippen LogP contribution < -0.4 is 9.47 Å². The summed E-state index contributed by atoms with van der Waals surface area (Å²) < 4.78 is 73.8. The summed E-state index contributed by atoms with van der Waals surface area (Å²) in [5.41, 5.74) is 0.834. The second-order valence-corrected chi connectivity index (χ2v) is 11.1. The molecule has 13 heteroatoms. The minimum Gasteiger partial charge on any atom is -0.497 e. The van der Waals surface area contributed by atoms with Crippen molar-refractivity contribution in [3.8, 4) is 11.5 Å². The highest BCUT2D eigenvalue weighted by atomic mass is 32.2. The Bertz CT molecular complexity index is 1320. The molecular formula is C18H20N4O6S3. The summed E-state index contributed by atoms with van der Waals surface area (Å²) in [7, 11) is -4.92. The molecule has 1 aliphatic heterocycles. The third-order valence-electron chi connectivity index (χ3n) is 5.05. The lowest BCUT2D eigenvalue weighted by Gasteiger charge is -2.33. The van der Waals surface area contributed by atoms with E-state index in [9.17, 15) is 16.8 Å². The van der Waals surface area contributed by atoms with Gasteiger partial charge in [-0.2, -0.15) is 17.4 Å². The van der Waals surface area contributed by atoms with E-state index in [0.29, 0.717) is 16.8 Å². The van der Waals surface area contributed by atoms with Crippen molar-refractivity contribution in [3.63, 3.8) is 0 Å². The molecule has 0 aliphatic carbocycles. The molecule has 0 unspecified atom stereocenters. The van der Waals surface area contributed by atoms with Gasteiger partial charge in [0.2, 0.25) is 20.0 Å². The minimum atomic E-state index is -3.91. The zero-order chi connectivity index (χ0) is 22.2. The van der Waals surface area contributed by atoms with Crippen molar-refractivity contribution in [2.75, 3.05) is 40.4 Å². The van der Waals surface area contributed by atoms with Crippen molar-refractivity contribution in [3.05, 3.63) is 36.4 Å². The van der Waals surface area contributed by atoms with Crippen molar-refractivity contribution in [2.24, 2.45) is 0 Å². The average molecular weight is 485 g/mol. The molecule has 0 atom stereocenters. The summed E-state index contributed by atoms with van der Waals surface area (Å²) >= 11 is 0.945. The molecule has 31 heavy (non-hydrogen) atoms. The fraction of sp³-hybridized carbons (Fsp3) is 0.333. The first-order valence-electron chi connectivity index (χ1n) is 9.22. The monoisotopic (exact) mass is 484 g/mol. The van der Waals surface area contributed by atoms with Gasteiger partial charge in [0.1, 0.15) is 32.3 Å². The normalized spacial score (nSPS) is 16.5. The Morgan fingerprint density at radius 3 is 2.10 bits per heavy atom. The molecule has 4 rings (SSSR count). The van der Waals surface area contributed by atoms with E-state index in [1.807, 2.05) is 0 Å². The van der Waals surface area contributed by atoms with E-state index in [1.165, 1.54) is 41.0 Å². The number of nitrogens with zero attached hydrogens (tertiary/aromatic N) is 4. The van der Waals surface area contributed by atoms with Gasteiger partial charge in [-0.3, -0.25) is 0 Å². The number of hydrogen-bond donors (Lipinski definition) is 0.